The largest absolute Gasteiger partial charge is 0.309 e. The molecule has 1 atom stereocenters. The second kappa shape index (κ2) is 4.42. The maximum absolute atomic E-state index is 11.3. The molecule has 0 amide bonds. The van der Waals surface area contributed by atoms with Gasteiger partial charge in [0.1, 0.15) is 0 Å². The summed E-state index contributed by atoms with van der Waals surface area (Å²) in [6.07, 6.45) is 0.723. The number of rotatable bonds is 3. The SMILES string of the molecule is Cc1nn(C)c(C)c1CNC1CCS(=O)(=O)C1. The first-order valence-corrected chi connectivity index (χ1v) is 7.64. The van der Waals surface area contributed by atoms with Gasteiger partial charge in [-0.2, -0.15) is 5.10 Å². The summed E-state index contributed by atoms with van der Waals surface area (Å²) in [7, 11) is -0.876. The highest BCUT2D eigenvalue weighted by atomic mass is 32.2. The van der Waals surface area contributed by atoms with Gasteiger partial charge in [-0.3, -0.25) is 4.68 Å². The maximum atomic E-state index is 11.3. The van der Waals surface area contributed by atoms with Crippen molar-refractivity contribution in [1.29, 1.82) is 0 Å². The van der Waals surface area contributed by atoms with Crippen LogP contribution >= 0.6 is 0 Å². The Kier molecular flexibility index (Phi) is 3.27. The van der Waals surface area contributed by atoms with Crippen LogP contribution in [0.5, 0.6) is 0 Å². The average molecular weight is 257 g/mol. The van der Waals surface area contributed by atoms with Gasteiger partial charge in [-0.25, -0.2) is 8.42 Å². The highest BCUT2D eigenvalue weighted by molar-refractivity contribution is 7.91. The van der Waals surface area contributed by atoms with E-state index in [4.69, 9.17) is 0 Å². The monoisotopic (exact) mass is 257 g/mol. The zero-order valence-electron chi connectivity index (χ0n) is 10.5. The topological polar surface area (TPSA) is 64.0 Å². The van der Waals surface area contributed by atoms with E-state index >= 15 is 0 Å². The van der Waals surface area contributed by atoms with E-state index in [2.05, 4.69) is 10.4 Å². The third kappa shape index (κ3) is 2.69. The number of sulfone groups is 1. The molecule has 1 unspecified atom stereocenters. The van der Waals surface area contributed by atoms with Crippen LogP contribution in [-0.2, 0) is 23.4 Å². The van der Waals surface area contributed by atoms with Crippen LogP contribution in [0.25, 0.3) is 0 Å². The first-order valence-electron chi connectivity index (χ1n) is 5.82. The number of aryl methyl sites for hydroxylation is 2. The smallest absolute Gasteiger partial charge is 0.151 e. The summed E-state index contributed by atoms with van der Waals surface area (Å²) >= 11 is 0. The summed E-state index contributed by atoms with van der Waals surface area (Å²) in [5, 5.41) is 7.66. The van der Waals surface area contributed by atoms with Gasteiger partial charge in [-0.05, 0) is 20.3 Å². The standard InChI is InChI=1S/C11H19N3O2S/c1-8-11(9(2)14(3)13-8)6-12-10-4-5-17(15,16)7-10/h10,12H,4-7H2,1-3H3. The van der Waals surface area contributed by atoms with E-state index in [1.54, 1.807) is 0 Å². The molecule has 1 aromatic rings. The van der Waals surface area contributed by atoms with E-state index < -0.39 is 9.84 Å². The number of hydrogen-bond acceptors (Lipinski definition) is 4. The third-order valence-corrected chi connectivity index (χ3v) is 5.23. The van der Waals surface area contributed by atoms with Gasteiger partial charge in [0.25, 0.3) is 0 Å². The Labute approximate surface area is 102 Å². The van der Waals surface area contributed by atoms with Gasteiger partial charge < -0.3 is 5.32 Å². The van der Waals surface area contributed by atoms with Crippen LogP contribution in [0.4, 0.5) is 0 Å². The molecule has 0 spiro atoms. The summed E-state index contributed by atoms with van der Waals surface area (Å²) in [6, 6.07) is 0.0963. The Hall–Kier alpha value is -0.880. The molecule has 1 fully saturated rings. The molecule has 0 radical (unpaired) electrons. The van der Waals surface area contributed by atoms with Gasteiger partial charge in [0.2, 0.25) is 0 Å². The van der Waals surface area contributed by atoms with Gasteiger partial charge >= 0.3 is 0 Å². The minimum absolute atomic E-state index is 0.0963. The minimum Gasteiger partial charge on any atom is -0.309 e. The van der Waals surface area contributed by atoms with Crippen molar-refractivity contribution >= 4 is 9.84 Å². The number of nitrogens with zero attached hydrogens (tertiary/aromatic N) is 2. The van der Waals surface area contributed by atoms with E-state index in [9.17, 15) is 8.42 Å². The van der Waals surface area contributed by atoms with Gasteiger partial charge in [-0.1, -0.05) is 0 Å². The Morgan fingerprint density at radius 1 is 1.47 bits per heavy atom. The molecule has 2 heterocycles. The van der Waals surface area contributed by atoms with Crippen molar-refractivity contribution in [3.63, 3.8) is 0 Å². The molecule has 0 aromatic carbocycles. The molecule has 1 saturated heterocycles. The van der Waals surface area contributed by atoms with Crippen molar-refractivity contribution < 1.29 is 8.42 Å². The molecular weight excluding hydrogens is 238 g/mol. The van der Waals surface area contributed by atoms with Gasteiger partial charge in [-0.15, -0.1) is 0 Å². The molecule has 1 aliphatic heterocycles. The van der Waals surface area contributed by atoms with Gasteiger partial charge in [0.15, 0.2) is 9.84 Å². The lowest BCUT2D eigenvalue weighted by molar-refractivity contribution is 0.552. The molecule has 96 valence electrons. The average Bonchev–Trinajstić information content (AvgIpc) is 2.68. The Bertz CT molecular complexity index is 519. The lowest BCUT2D eigenvalue weighted by Gasteiger charge is -2.10. The fourth-order valence-electron chi connectivity index (χ4n) is 2.28. The van der Waals surface area contributed by atoms with Crippen LogP contribution in [0.15, 0.2) is 0 Å². The molecule has 2 rings (SSSR count). The first-order chi connectivity index (χ1) is 7.89. The molecule has 6 heteroatoms. The Balaban J connectivity index is 1.99. The fourth-order valence-corrected chi connectivity index (χ4v) is 3.98. The molecule has 5 nitrogen and oxygen atoms in total. The molecule has 17 heavy (non-hydrogen) atoms. The molecule has 1 aromatic heterocycles. The van der Waals surface area contributed by atoms with E-state index in [-0.39, 0.29) is 11.8 Å². The van der Waals surface area contributed by atoms with E-state index in [1.165, 1.54) is 5.56 Å². The molecule has 0 saturated carbocycles. The van der Waals surface area contributed by atoms with Crippen LogP contribution in [0.2, 0.25) is 0 Å². The maximum Gasteiger partial charge on any atom is 0.151 e. The number of nitrogens with one attached hydrogen (secondary N) is 1. The van der Waals surface area contributed by atoms with Crippen LogP contribution in [0, 0.1) is 13.8 Å². The lowest BCUT2D eigenvalue weighted by atomic mass is 10.2. The number of aromatic nitrogens is 2. The lowest BCUT2D eigenvalue weighted by Crippen LogP contribution is -2.29. The van der Waals surface area contributed by atoms with Gasteiger partial charge in [0.05, 0.1) is 17.2 Å². The zero-order chi connectivity index (χ0) is 12.6. The fraction of sp³-hybridized carbons (Fsp3) is 0.727. The predicted octanol–water partition coefficient (Wildman–Crippen LogP) is 0.314. The molecule has 1 aliphatic rings. The van der Waals surface area contributed by atoms with Gasteiger partial charge in [0, 0.05) is 30.9 Å². The van der Waals surface area contributed by atoms with Crippen molar-refractivity contribution in [2.24, 2.45) is 7.05 Å². The Morgan fingerprint density at radius 3 is 2.65 bits per heavy atom. The molecule has 0 aliphatic carbocycles. The van der Waals surface area contributed by atoms with Crippen molar-refractivity contribution in [2.75, 3.05) is 11.5 Å². The second-order valence-electron chi connectivity index (χ2n) is 4.75. The van der Waals surface area contributed by atoms with E-state index in [0.717, 1.165) is 17.8 Å². The van der Waals surface area contributed by atoms with Crippen LogP contribution in [0.1, 0.15) is 23.4 Å². The third-order valence-electron chi connectivity index (χ3n) is 3.46. The summed E-state index contributed by atoms with van der Waals surface area (Å²) in [5.41, 5.74) is 3.33. The van der Waals surface area contributed by atoms with Crippen molar-refractivity contribution in [2.45, 2.75) is 32.9 Å². The van der Waals surface area contributed by atoms with Crippen molar-refractivity contribution in [1.82, 2.24) is 15.1 Å². The second-order valence-corrected chi connectivity index (χ2v) is 6.98. The Morgan fingerprint density at radius 2 is 2.18 bits per heavy atom. The molecule has 1 N–H and O–H groups in total. The van der Waals surface area contributed by atoms with Crippen LogP contribution < -0.4 is 5.32 Å². The van der Waals surface area contributed by atoms with Crippen LogP contribution in [0.3, 0.4) is 0 Å². The van der Waals surface area contributed by atoms with Crippen molar-refractivity contribution in [3.8, 4) is 0 Å². The minimum atomic E-state index is -2.80. The summed E-state index contributed by atoms with van der Waals surface area (Å²) in [5.74, 6) is 0.584. The predicted molar refractivity (Wildman–Crippen MR) is 66.6 cm³/mol. The summed E-state index contributed by atoms with van der Waals surface area (Å²) in [4.78, 5) is 0. The highest BCUT2D eigenvalue weighted by Crippen LogP contribution is 2.15. The quantitative estimate of drug-likeness (QED) is 0.846. The first kappa shape index (κ1) is 12.6. The normalized spacial score (nSPS) is 23.1. The van der Waals surface area contributed by atoms with E-state index in [1.807, 2.05) is 25.6 Å². The molecule has 0 bridgehead atoms. The zero-order valence-corrected chi connectivity index (χ0v) is 11.3. The van der Waals surface area contributed by atoms with E-state index in [0.29, 0.717) is 12.3 Å². The van der Waals surface area contributed by atoms with Crippen molar-refractivity contribution in [3.05, 3.63) is 17.0 Å². The summed E-state index contributed by atoms with van der Waals surface area (Å²) in [6.45, 7) is 4.71. The number of hydrogen-bond donors (Lipinski definition) is 1. The molecular formula is C11H19N3O2S. The summed E-state index contributed by atoms with van der Waals surface area (Å²) < 4.78 is 24.5. The highest BCUT2D eigenvalue weighted by Gasteiger charge is 2.27. The van der Waals surface area contributed by atoms with Crippen LogP contribution in [-0.4, -0.2) is 35.7 Å².